The van der Waals surface area contributed by atoms with Gasteiger partial charge in [-0.3, -0.25) is 4.68 Å². The van der Waals surface area contributed by atoms with E-state index in [4.69, 9.17) is 5.73 Å². The van der Waals surface area contributed by atoms with Crippen molar-refractivity contribution in [1.82, 2.24) is 9.78 Å². The van der Waals surface area contributed by atoms with Crippen molar-refractivity contribution in [3.05, 3.63) is 11.3 Å². The molecule has 0 amide bonds. The van der Waals surface area contributed by atoms with Crippen molar-refractivity contribution in [2.24, 2.45) is 18.2 Å². The zero-order valence-electron chi connectivity index (χ0n) is 11.5. The third kappa shape index (κ3) is 2.32. The Hall–Kier alpha value is -1.03. The normalized spacial score (nSPS) is 19.0. The van der Waals surface area contributed by atoms with Crippen molar-refractivity contribution in [3.63, 3.8) is 0 Å². The average molecular weight is 236 g/mol. The van der Waals surface area contributed by atoms with Gasteiger partial charge in [0.15, 0.2) is 0 Å². The van der Waals surface area contributed by atoms with Crippen LogP contribution in [0.4, 0.5) is 5.82 Å². The van der Waals surface area contributed by atoms with Crippen molar-refractivity contribution in [1.29, 1.82) is 0 Å². The molecule has 96 valence electrons. The van der Waals surface area contributed by atoms with Crippen LogP contribution in [-0.4, -0.2) is 29.4 Å². The standard InChI is InChI=1S/C13H24N4/c1-10-11(5-7-14)12(16(4)15-10)17-8-6-13(2,3)9-17/h5-9,14H2,1-4H3. The van der Waals surface area contributed by atoms with Crippen LogP contribution in [-0.2, 0) is 13.5 Å². The van der Waals surface area contributed by atoms with Crippen molar-refractivity contribution in [2.75, 3.05) is 24.5 Å². The monoisotopic (exact) mass is 236 g/mol. The van der Waals surface area contributed by atoms with E-state index < -0.39 is 0 Å². The first-order chi connectivity index (χ1) is 7.94. The predicted octanol–water partition coefficient (Wildman–Crippen LogP) is 1.47. The molecular weight excluding hydrogens is 212 g/mol. The van der Waals surface area contributed by atoms with E-state index >= 15 is 0 Å². The van der Waals surface area contributed by atoms with Crippen LogP contribution in [0.25, 0.3) is 0 Å². The summed E-state index contributed by atoms with van der Waals surface area (Å²) in [6.45, 7) is 9.68. The quantitative estimate of drug-likeness (QED) is 0.864. The average Bonchev–Trinajstić information content (AvgIpc) is 2.69. The summed E-state index contributed by atoms with van der Waals surface area (Å²) >= 11 is 0. The Morgan fingerprint density at radius 2 is 2.12 bits per heavy atom. The molecule has 1 saturated heterocycles. The van der Waals surface area contributed by atoms with Gasteiger partial charge >= 0.3 is 0 Å². The molecule has 1 aromatic rings. The number of aryl methyl sites for hydroxylation is 2. The molecule has 0 aromatic carbocycles. The highest BCUT2D eigenvalue weighted by Gasteiger charge is 2.32. The Balaban J connectivity index is 2.32. The van der Waals surface area contributed by atoms with Crippen LogP contribution in [0.2, 0.25) is 0 Å². The topological polar surface area (TPSA) is 47.1 Å². The molecule has 0 bridgehead atoms. The number of aromatic nitrogens is 2. The van der Waals surface area contributed by atoms with E-state index in [1.165, 1.54) is 17.8 Å². The van der Waals surface area contributed by atoms with Gasteiger partial charge in [0.1, 0.15) is 5.82 Å². The van der Waals surface area contributed by atoms with Gasteiger partial charge in [-0.15, -0.1) is 0 Å². The lowest BCUT2D eigenvalue weighted by Crippen LogP contribution is -2.26. The van der Waals surface area contributed by atoms with Gasteiger partial charge < -0.3 is 10.6 Å². The van der Waals surface area contributed by atoms with Crippen LogP contribution in [0.5, 0.6) is 0 Å². The fraction of sp³-hybridized carbons (Fsp3) is 0.769. The number of hydrogen-bond donors (Lipinski definition) is 1. The fourth-order valence-electron chi connectivity index (χ4n) is 2.82. The molecule has 17 heavy (non-hydrogen) atoms. The summed E-state index contributed by atoms with van der Waals surface area (Å²) < 4.78 is 2.02. The summed E-state index contributed by atoms with van der Waals surface area (Å²) in [5.41, 5.74) is 8.57. The third-order valence-electron chi connectivity index (χ3n) is 3.68. The Morgan fingerprint density at radius 1 is 1.41 bits per heavy atom. The molecule has 0 saturated carbocycles. The van der Waals surface area contributed by atoms with E-state index in [-0.39, 0.29) is 0 Å². The summed E-state index contributed by atoms with van der Waals surface area (Å²) in [5.74, 6) is 1.28. The molecule has 1 aliphatic heterocycles. The maximum absolute atomic E-state index is 5.70. The van der Waals surface area contributed by atoms with E-state index in [1.54, 1.807) is 0 Å². The van der Waals surface area contributed by atoms with Gasteiger partial charge in [0, 0.05) is 25.7 Å². The summed E-state index contributed by atoms with van der Waals surface area (Å²) in [5, 5.41) is 4.54. The van der Waals surface area contributed by atoms with Crippen LogP contribution >= 0.6 is 0 Å². The maximum Gasteiger partial charge on any atom is 0.130 e. The van der Waals surface area contributed by atoms with Gasteiger partial charge in [0.2, 0.25) is 0 Å². The number of nitrogens with zero attached hydrogens (tertiary/aromatic N) is 3. The van der Waals surface area contributed by atoms with Gasteiger partial charge in [-0.05, 0) is 31.7 Å². The van der Waals surface area contributed by atoms with E-state index in [2.05, 4.69) is 30.8 Å². The second kappa shape index (κ2) is 4.33. The van der Waals surface area contributed by atoms with E-state index in [0.29, 0.717) is 12.0 Å². The first-order valence-corrected chi connectivity index (χ1v) is 6.42. The second-order valence-electron chi connectivity index (χ2n) is 5.89. The highest BCUT2D eigenvalue weighted by atomic mass is 15.4. The fourth-order valence-corrected chi connectivity index (χ4v) is 2.82. The summed E-state index contributed by atoms with van der Waals surface area (Å²) in [6.07, 6.45) is 2.17. The molecule has 1 aliphatic rings. The molecule has 1 fully saturated rings. The van der Waals surface area contributed by atoms with Crippen molar-refractivity contribution < 1.29 is 0 Å². The predicted molar refractivity (Wildman–Crippen MR) is 71.3 cm³/mol. The number of anilines is 1. The third-order valence-corrected chi connectivity index (χ3v) is 3.68. The lowest BCUT2D eigenvalue weighted by Gasteiger charge is -2.23. The number of hydrogen-bond acceptors (Lipinski definition) is 3. The van der Waals surface area contributed by atoms with Gasteiger partial charge in [-0.2, -0.15) is 5.10 Å². The SMILES string of the molecule is Cc1nn(C)c(N2CCC(C)(C)C2)c1CCN. The zero-order valence-corrected chi connectivity index (χ0v) is 11.5. The smallest absolute Gasteiger partial charge is 0.130 e. The zero-order chi connectivity index (χ0) is 12.6. The van der Waals surface area contributed by atoms with Crippen molar-refractivity contribution in [3.8, 4) is 0 Å². The molecule has 0 unspecified atom stereocenters. The maximum atomic E-state index is 5.70. The molecule has 0 atom stereocenters. The van der Waals surface area contributed by atoms with Crippen LogP contribution in [0, 0.1) is 12.3 Å². The van der Waals surface area contributed by atoms with Crippen LogP contribution in [0.3, 0.4) is 0 Å². The highest BCUT2D eigenvalue weighted by Crippen LogP contribution is 2.34. The molecule has 0 aliphatic carbocycles. The van der Waals surface area contributed by atoms with Crippen LogP contribution < -0.4 is 10.6 Å². The molecule has 4 heteroatoms. The second-order valence-corrected chi connectivity index (χ2v) is 5.89. The first kappa shape index (κ1) is 12.4. The molecule has 1 aromatic heterocycles. The minimum Gasteiger partial charge on any atom is -0.356 e. The molecular formula is C13H24N4. The molecule has 2 rings (SSSR count). The number of rotatable bonds is 3. The van der Waals surface area contributed by atoms with Crippen molar-refractivity contribution >= 4 is 5.82 Å². The molecule has 2 N–H and O–H groups in total. The van der Waals surface area contributed by atoms with E-state index in [1.807, 2.05) is 11.7 Å². The van der Waals surface area contributed by atoms with Gasteiger partial charge in [-0.1, -0.05) is 13.8 Å². The molecule has 0 spiro atoms. The largest absolute Gasteiger partial charge is 0.356 e. The Kier molecular flexibility index (Phi) is 3.17. The lowest BCUT2D eigenvalue weighted by atomic mass is 9.93. The molecule has 4 nitrogen and oxygen atoms in total. The summed E-state index contributed by atoms with van der Waals surface area (Å²) in [6, 6.07) is 0. The molecule has 2 heterocycles. The lowest BCUT2D eigenvalue weighted by molar-refractivity contribution is 0.418. The van der Waals surface area contributed by atoms with E-state index in [9.17, 15) is 0 Å². The van der Waals surface area contributed by atoms with Crippen molar-refractivity contribution in [2.45, 2.75) is 33.6 Å². The summed E-state index contributed by atoms with van der Waals surface area (Å²) in [4.78, 5) is 2.46. The Labute approximate surface area is 104 Å². The van der Waals surface area contributed by atoms with Crippen LogP contribution in [0.1, 0.15) is 31.5 Å². The minimum atomic E-state index is 0.415. The Morgan fingerprint density at radius 3 is 2.65 bits per heavy atom. The summed E-state index contributed by atoms with van der Waals surface area (Å²) in [7, 11) is 2.04. The number of nitrogens with two attached hydrogens (primary N) is 1. The van der Waals surface area contributed by atoms with E-state index in [0.717, 1.165) is 25.2 Å². The first-order valence-electron chi connectivity index (χ1n) is 6.42. The highest BCUT2D eigenvalue weighted by molar-refractivity contribution is 5.51. The van der Waals surface area contributed by atoms with Gasteiger partial charge in [0.05, 0.1) is 5.69 Å². The van der Waals surface area contributed by atoms with Gasteiger partial charge in [0.25, 0.3) is 0 Å². The Bertz CT molecular complexity index is 406. The van der Waals surface area contributed by atoms with Crippen LogP contribution in [0.15, 0.2) is 0 Å². The van der Waals surface area contributed by atoms with Gasteiger partial charge in [-0.25, -0.2) is 0 Å². The minimum absolute atomic E-state index is 0.415. The molecule has 0 radical (unpaired) electrons.